The first-order valence-electron chi connectivity index (χ1n) is 6.95. The lowest BCUT2D eigenvalue weighted by Crippen LogP contribution is -2.49. The standard InChI is InChI=1S/C14H24N4O/c1-11(2)12-7-13(17-10-16-12)15-8-14(9-19-3)5-4-6-18-14/h7,10-11,18H,4-6,8-9H2,1-3H3,(H,15,16,17). The van der Waals surface area contributed by atoms with Gasteiger partial charge >= 0.3 is 0 Å². The molecule has 1 atom stereocenters. The lowest BCUT2D eigenvalue weighted by Gasteiger charge is -2.29. The first-order chi connectivity index (χ1) is 9.15. The fraction of sp³-hybridized carbons (Fsp3) is 0.714. The Labute approximate surface area is 115 Å². The number of nitrogens with one attached hydrogen (secondary N) is 2. The molecule has 106 valence electrons. The summed E-state index contributed by atoms with van der Waals surface area (Å²) < 4.78 is 5.34. The molecule has 1 saturated heterocycles. The summed E-state index contributed by atoms with van der Waals surface area (Å²) in [4.78, 5) is 8.56. The molecule has 5 nitrogen and oxygen atoms in total. The summed E-state index contributed by atoms with van der Waals surface area (Å²) >= 11 is 0. The first kappa shape index (κ1) is 14.2. The Hall–Kier alpha value is -1.20. The van der Waals surface area contributed by atoms with Gasteiger partial charge < -0.3 is 15.4 Å². The average Bonchev–Trinajstić information content (AvgIpc) is 2.86. The number of anilines is 1. The molecule has 1 aromatic rings. The summed E-state index contributed by atoms with van der Waals surface area (Å²) in [6.07, 6.45) is 3.96. The summed E-state index contributed by atoms with van der Waals surface area (Å²) in [5, 5.41) is 6.96. The number of hydrogen-bond donors (Lipinski definition) is 2. The highest BCUT2D eigenvalue weighted by Gasteiger charge is 2.33. The Morgan fingerprint density at radius 2 is 2.32 bits per heavy atom. The number of ether oxygens (including phenoxy) is 1. The Balaban J connectivity index is 1.99. The molecule has 19 heavy (non-hydrogen) atoms. The van der Waals surface area contributed by atoms with Gasteiger partial charge in [-0.25, -0.2) is 9.97 Å². The third-order valence-electron chi connectivity index (χ3n) is 3.64. The molecule has 1 aliphatic rings. The SMILES string of the molecule is COCC1(CNc2cc(C(C)C)ncn2)CCCN1. The summed E-state index contributed by atoms with van der Waals surface area (Å²) in [5.74, 6) is 1.31. The van der Waals surface area contributed by atoms with Crippen molar-refractivity contribution in [1.82, 2.24) is 15.3 Å². The molecule has 2 heterocycles. The van der Waals surface area contributed by atoms with Gasteiger partial charge in [0.1, 0.15) is 12.1 Å². The molecule has 1 aliphatic heterocycles. The zero-order valence-electron chi connectivity index (χ0n) is 12.1. The second kappa shape index (κ2) is 6.30. The van der Waals surface area contributed by atoms with Crippen LogP contribution < -0.4 is 10.6 Å². The molecule has 0 radical (unpaired) electrons. The second-order valence-electron chi connectivity index (χ2n) is 5.58. The number of aromatic nitrogens is 2. The molecule has 0 saturated carbocycles. The molecule has 1 unspecified atom stereocenters. The van der Waals surface area contributed by atoms with Crippen LogP contribution in [0.1, 0.15) is 38.3 Å². The minimum Gasteiger partial charge on any atom is -0.383 e. The topological polar surface area (TPSA) is 59.1 Å². The first-order valence-corrected chi connectivity index (χ1v) is 6.95. The minimum absolute atomic E-state index is 0.0394. The van der Waals surface area contributed by atoms with E-state index in [1.165, 1.54) is 6.42 Å². The van der Waals surface area contributed by atoms with Crippen LogP contribution in [0.3, 0.4) is 0 Å². The van der Waals surface area contributed by atoms with E-state index in [1.807, 2.05) is 6.07 Å². The maximum Gasteiger partial charge on any atom is 0.129 e. The van der Waals surface area contributed by atoms with Crippen molar-refractivity contribution in [2.75, 3.05) is 32.1 Å². The van der Waals surface area contributed by atoms with Crippen molar-refractivity contribution in [3.63, 3.8) is 0 Å². The van der Waals surface area contributed by atoms with Crippen molar-refractivity contribution >= 4 is 5.82 Å². The van der Waals surface area contributed by atoms with Crippen molar-refractivity contribution in [2.24, 2.45) is 0 Å². The van der Waals surface area contributed by atoms with Gasteiger partial charge in [-0.05, 0) is 25.3 Å². The van der Waals surface area contributed by atoms with Gasteiger partial charge in [-0.1, -0.05) is 13.8 Å². The van der Waals surface area contributed by atoms with Crippen LogP contribution in [-0.2, 0) is 4.74 Å². The molecule has 2 rings (SSSR count). The highest BCUT2D eigenvalue weighted by molar-refractivity contribution is 5.36. The van der Waals surface area contributed by atoms with Gasteiger partial charge in [-0.3, -0.25) is 0 Å². The van der Waals surface area contributed by atoms with Crippen LogP contribution in [0.2, 0.25) is 0 Å². The largest absolute Gasteiger partial charge is 0.383 e. The molecule has 0 aromatic carbocycles. The maximum atomic E-state index is 5.34. The van der Waals surface area contributed by atoms with E-state index in [0.717, 1.165) is 37.6 Å². The van der Waals surface area contributed by atoms with Crippen LogP contribution in [0, 0.1) is 0 Å². The quantitative estimate of drug-likeness (QED) is 0.820. The average molecular weight is 264 g/mol. The zero-order valence-corrected chi connectivity index (χ0v) is 12.1. The van der Waals surface area contributed by atoms with Gasteiger partial charge in [0.05, 0.1) is 12.1 Å². The minimum atomic E-state index is 0.0394. The van der Waals surface area contributed by atoms with Crippen LogP contribution in [0.4, 0.5) is 5.82 Å². The number of nitrogens with zero attached hydrogens (tertiary/aromatic N) is 2. The van der Waals surface area contributed by atoms with Gasteiger partial charge in [0.15, 0.2) is 0 Å². The molecular weight excluding hydrogens is 240 g/mol. The monoisotopic (exact) mass is 264 g/mol. The van der Waals surface area contributed by atoms with E-state index in [2.05, 4.69) is 34.4 Å². The Morgan fingerprint density at radius 1 is 1.47 bits per heavy atom. The van der Waals surface area contributed by atoms with Crippen molar-refractivity contribution in [2.45, 2.75) is 38.1 Å². The Bertz CT molecular complexity index is 402. The highest BCUT2D eigenvalue weighted by atomic mass is 16.5. The van der Waals surface area contributed by atoms with Crippen molar-refractivity contribution in [3.05, 3.63) is 18.1 Å². The van der Waals surface area contributed by atoms with Crippen molar-refractivity contribution < 1.29 is 4.74 Å². The fourth-order valence-corrected chi connectivity index (χ4v) is 2.51. The smallest absolute Gasteiger partial charge is 0.129 e. The highest BCUT2D eigenvalue weighted by Crippen LogP contribution is 2.21. The van der Waals surface area contributed by atoms with Crippen LogP contribution in [0.5, 0.6) is 0 Å². The normalized spacial score (nSPS) is 22.9. The summed E-state index contributed by atoms with van der Waals surface area (Å²) in [7, 11) is 1.75. The molecule has 0 aliphatic carbocycles. The van der Waals surface area contributed by atoms with Crippen LogP contribution in [0.15, 0.2) is 12.4 Å². The van der Waals surface area contributed by atoms with E-state index in [0.29, 0.717) is 5.92 Å². The fourth-order valence-electron chi connectivity index (χ4n) is 2.51. The van der Waals surface area contributed by atoms with Crippen LogP contribution >= 0.6 is 0 Å². The second-order valence-corrected chi connectivity index (χ2v) is 5.58. The van der Waals surface area contributed by atoms with Crippen LogP contribution in [0.25, 0.3) is 0 Å². The molecule has 1 fully saturated rings. The van der Waals surface area contributed by atoms with Gasteiger partial charge in [0.25, 0.3) is 0 Å². The van der Waals surface area contributed by atoms with E-state index in [9.17, 15) is 0 Å². The summed E-state index contributed by atoms with van der Waals surface area (Å²) in [5.41, 5.74) is 1.11. The van der Waals surface area contributed by atoms with E-state index in [1.54, 1.807) is 13.4 Å². The van der Waals surface area contributed by atoms with Crippen LogP contribution in [-0.4, -0.2) is 42.3 Å². The molecule has 2 N–H and O–H groups in total. The zero-order chi connectivity index (χ0) is 13.7. The number of rotatable bonds is 6. The maximum absolute atomic E-state index is 5.34. The molecule has 1 aromatic heterocycles. The third kappa shape index (κ3) is 3.64. The lowest BCUT2D eigenvalue weighted by molar-refractivity contribution is 0.127. The van der Waals surface area contributed by atoms with Gasteiger partial charge in [-0.2, -0.15) is 0 Å². The van der Waals surface area contributed by atoms with Gasteiger partial charge in [0.2, 0.25) is 0 Å². The lowest BCUT2D eigenvalue weighted by atomic mass is 9.98. The molecule has 0 amide bonds. The summed E-state index contributed by atoms with van der Waals surface area (Å²) in [6.45, 7) is 6.89. The van der Waals surface area contributed by atoms with Crippen molar-refractivity contribution in [3.8, 4) is 0 Å². The number of methoxy groups -OCH3 is 1. The molecule has 0 spiro atoms. The number of hydrogen-bond acceptors (Lipinski definition) is 5. The molecule has 5 heteroatoms. The van der Waals surface area contributed by atoms with Crippen molar-refractivity contribution in [1.29, 1.82) is 0 Å². The predicted octanol–water partition coefficient (Wildman–Crippen LogP) is 1.78. The molecular formula is C14H24N4O. The van der Waals surface area contributed by atoms with E-state index >= 15 is 0 Å². The Morgan fingerprint density at radius 3 is 2.95 bits per heavy atom. The predicted molar refractivity (Wildman–Crippen MR) is 76.5 cm³/mol. The van der Waals surface area contributed by atoms with E-state index in [-0.39, 0.29) is 5.54 Å². The third-order valence-corrected chi connectivity index (χ3v) is 3.64. The van der Waals surface area contributed by atoms with E-state index in [4.69, 9.17) is 4.74 Å². The van der Waals surface area contributed by atoms with Gasteiger partial charge in [-0.15, -0.1) is 0 Å². The van der Waals surface area contributed by atoms with Gasteiger partial charge in [0, 0.05) is 25.4 Å². The summed E-state index contributed by atoms with van der Waals surface area (Å²) in [6, 6.07) is 2.03. The van der Waals surface area contributed by atoms with E-state index < -0.39 is 0 Å². The Kier molecular flexibility index (Phi) is 4.71. The molecule has 0 bridgehead atoms.